The molecule has 0 atom stereocenters. The second-order valence-corrected chi connectivity index (χ2v) is 4.74. The van der Waals surface area contributed by atoms with Gasteiger partial charge in [0.2, 0.25) is 6.79 Å². The predicted octanol–water partition coefficient (Wildman–Crippen LogP) is 3.88. The molecule has 0 radical (unpaired) electrons. The summed E-state index contributed by atoms with van der Waals surface area (Å²) in [5.74, 6) is 2.20. The maximum atomic E-state index is 9.41. The van der Waals surface area contributed by atoms with Crippen LogP contribution in [0.2, 0.25) is 0 Å². The number of benzene rings is 2. The topological polar surface area (TPSA) is 51.5 Å². The largest absolute Gasteiger partial charge is 0.494 e. The van der Waals surface area contributed by atoms with Crippen LogP contribution in [-0.2, 0) is 0 Å². The molecule has 0 fully saturated rings. The SMILES string of the molecule is CCOc1ccc(/C=C(/C#N)c2ccc3c(c2)OCO3)cc1. The van der Waals surface area contributed by atoms with E-state index in [2.05, 4.69) is 6.07 Å². The van der Waals surface area contributed by atoms with Crippen molar-refractivity contribution in [3.8, 4) is 23.3 Å². The number of fused-ring (bicyclic) bond motifs is 1. The molecule has 0 saturated heterocycles. The van der Waals surface area contributed by atoms with E-state index >= 15 is 0 Å². The Balaban J connectivity index is 1.88. The van der Waals surface area contributed by atoms with Gasteiger partial charge in [0.1, 0.15) is 5.75 Å². The summed E-state index contributed by atoms with van der Waals surface area (Å²) >= 11 is 0. The Labute approximate surface area is 129 Å². The second-order valence-electron chi connectivity index (χ2n) is 4.74. The Hall–Kier alpha value is -2.93. The molecule has 110 valence electrons. The monoisotopic (exact) mass is 293 g/mol. The lowest BCUT2D eigenvalue weighted by molar-refractivity contribution is 0.174. The van der Waals surface area contributed by atoms with Gasteiger partial charge in [-0.25, -0.2) is 0 Å². The fraction of sp³-hybridized carbons (Fsp3) is 0.167. The number of rotatable bonds is 4. The van der Waals surface area contributed by atoms with E-state index in [4.69, 9.17) is 14.2 Å². The molecule has 1 aliphatic rings. The van der Waals surface area contributed by atoms with Crippen LogP contribution in [0, 0.1) is 11.3 Å². The summed E-state index contributed by atoms with van der Waals surface area (Å²) < 4.78 is 16.0. The molecule has 2 aromatic rings. The van der Waals surface area contributed by atoms with Gasteiger partial charge in [-0.1, -0.05) is 12.1 Å². The highest BCUT2D eigenvalue weighted by Crippen LogP contribution is 2.34. The number of nitriles is 1. The number of hydrogen-bond donors (Lipinski definition) is 0. The molecule has 4 heteroatoms. The zero-order valence-electron chi connectivity index (χ0n) is 12.2. The van der Waals surface area contributed by atoms with Gasteiger partial charge in [0.25, 0.3) is 0 Å². The van der Waals surface area contributed by atoms with E-state index in [1.807, 2.05) is 55.5 Å². The minimum absolute atomic E-state index is 0.225. The van der Waals surface area contributed by atoms with Gasteiger partial charge in [-0.2, -0.15) is 5.26 Å². The number of allylic oxidation sites excluding steroid dienone is 1. The first-order valence-corrected chi connectivity index (χ1v) is 7.05. The minimum Gasteiger partial charge on any atom is -0.494 e. The molecule has 0 unspecified atom stereocenters. The Kier molecular flexibility index (Phi) is 3.97. The fourth-order valence-electron chi connectivity index (χ4n) is 2.24. The van der Waals surface area contributed by atoms with Gasteiger partial charge in [-0.3, -0.25) is 0 Å². The molecule has 0 saturated carbocycles. The molecule has 1 heterocycles. The lowest BCUT2D eigenvalue weighted by atomic mass is 10.0. The molecule has 0 aromatic heterocycles. The molecule has 22 heavy (non-hydrogen) atoms. The van der Waals surface area contributed by atoms with Gasteiger partial charge < -0.3 is 14.2 Å². The van der Waals surface area contributed by atoms with E-state index in [0.717, 1.165) is 16.9 Å². The van der Waals surface area contributed by atoms with E-state index in [0.29, 0.717) is 23.7 Å². The second kappa shape index (κ2) is 6.23. The van der Waals surface area contributed by atoms with Crippen LogP contribution < -0.4 is 14.2 Å². The minimum atomic E-state index is 0.225. The van der Waals surface area contributed by atoms with Crippen LogP contribution in [0.15, 0.2) is 42.5 Å². The highest BCUT2D eigenvalue weighted by atomic mass is 16.7. The van der Waals surface area contributed by atoms with Crippen molar-refractivity contribution in [2.75, 3.05) is 13.4 Å². The molecule has 0 N–H and O–H groups in total. The number of nitrogens with zero attached hydrogens (tertiary/aromatic N) is 1. The van der Waals surface area contributed by atoms with Crippen LogP contribution in [0.4, 0.5) is 0 Å². The summed E-state index contributed by atoms with van der Waals surface area (Å²) in [5.41, 5.74) is 2.32. The van der Waals surface area contributed by atoms with Gasteiger partial charge in [0, 0.05) is 0 Å². The summed E-state index contributed by atoms with van der Waals surface area (Å²) in [6.07, 6.45) is 1.84. The van der Waals surface area contributed by atoms with Crippen LogP contribution in [-0.4, -0.2) is 13.4 Å². The summed E-state index contributed by atoms with van der Waals surface area (Å²) in [6, 6.07) is 15.4. The van der Waals surface area contributed by atoms with Crippen molar-refractivity contribution in [2.24, 2.45) is 0 Å². The third-order valence-electron chi connectivity index (χ3n) is 3.31. The predicted molar refractivity (Wildman–Crippen MR) is 83.7 cm³/mol. The molecule has 3 rings (SSSR count). The van der Waals surface area contributed by atoms with Gasteiger partial charge in [-0.15, -0.1) is 0 Å². The molecular weight excluding hydrogens is 278 g/mol. The van der Waals surface area contributed by atoms with Gasteiger partial charge in [-0.05, 0) is 54.5 Å². The first-order valence-electron chi connectivity index (χ1n) is 7.05. The molecule has 1 aliphatic heterocycles. The van der Waals surface area contributed by atoms with E-state index in [1.54, 1.807) is 0 Å². The normalized spacial score (nSPS) is 12.8. The smallest absolute Gasteiger partial charge is 0.231 e. The summed E-state index contributed by atoms with van der Waals surface area (Å²) in [7, 11) is 0. The van der Waals surface area contributed by atoms with Crippen molar-refractivity contribution >= 4 is 11.6 Å². The standard InChI is InChI=1S/C18H15NO3/c1-2-20-16-6-3-13(4-7-16)9-15(11-19)14-5-8-17-18(10-14)22-12-21-17/h3-10H,2,12H2,1H3/b15-9-. The molecule has 0 amide bonds. The molecular formula is C18H15NO3. The zero-order valence-corrected chi connectivity index (χ0v) is 12.2. The molecule has 4 nitrogen and oxygen atoms in total. The Bertz CT molecular complexity index is 742. The van der Waals surface area contributed by atoms with E-state index < -0.39 is 0 Å². The van der Waals surface area contributed by atoms with Crippen LogP contribution in [0.3, 0.4) is 0 Å². The lowest BCUT2D eigenvalue weighted by Crippen LogP contribution is -1.92. The van der Waals surface area contributed by atoms with E-state index in [1.165, 1.54) is 0 Å². The van der Waals surface area contributed by atoms with Crippen molar-refractivity contribution in [1.29, 1.82) is 5.26 Å². The molecule has 0 aliphatic carbocycles. The summed E-state index contributed by atoms with van der Waals surface area (Å²) in [4.78, 5) is 0. The zero-order chi connectivity index (χ0) is 15.4. The van der Waals surface area contributed by atoms with Gasteiger partial charge in [0.15, 0.2) is 11.5 Å². The van der Waals surface area contributed by atoms with Crippen molar-refractivity contribution in [1.82, 2.24) is 0 Å². The number of ether oxygens (including phenoxy) is 3. The molecule has 0 bridgehead atoms. The van der Waals surface area contributed by atoms with Crippen molar-refractivity contribution in [2.45, 2.75) is 6.92 Å². The summed E-state index contributed by atoms with van der Waals surface area (Å²) in [5, 5.41) is 9.41. The molecule has 2 aromatic carbocycles. The maximum Gasteiger partial charge on any atom is 0.231 e. The highest BCUT2D eigenvalue weighted by molar-refractivity contribution is 5.90. The fourth-order valence-corrected chi connectivity index (χ4v) is 2.24. The van der Waals surface area contributed by atoms with Crippen LogP contribution >= 0.6 is 0 Å². The molecule has 0 spiro atoms. The first kappa shape index (κ1) is 14.0. The van der Waals surface area contributed by atoms with Crippen LogP contribution in [0.25, 0.3) is 11.6 Å². The third kappa shape index (κ3) is 2.89. The maximum absolute atomic E-state index is 9.41. The Morgan fingerprint density at radius 3 is 2.68 bits per heavy atom. The van der Waals surface area contributed by atoms with Crippen LogP contribution in [0.1, 0.15) is 18.1 Å². The van der Waals surface area contributed by atoms with Crippen LogP contribution in [0.5, 0.6) is 17.2 Å². The van der Waals surface area contributed by atoms with Gasteiger partial charge >= 0.3 is 0 Å². The van der Waals surface area contributed by atoms with Crippen molar-refractivity contribution < 1.29 is 14.2 Å². The van der Waals surface area contributed by atoms with Gasteiger partial charge in [0.05, 0.1) is 18.2 Å². The summed E-state index contributed by atoms with van der Waals surface area (Å²) in [6.45, 7) is 2.81. The highest BCUT2D eigenvalue weighted by Gasteiger charge is 2.14. The van der Waals surface area contributed by atoms with Crippen molar-refractivity contribution in [3.05, 3.63) is 53.6 Å². The number of hydrogen-bond acceptors (Lipinski definition) is 4. The first-order chi connectivity index (χ1) is 10.8. The van der Waals surface area contributed by atoms with E-state index in [9.17, 15) is 5.26 Å². The lowest BCUT2D eigenvalue weighted by Gasteiger charge is -2.04. The Morgan fingerprint density at radius 1 is 1.18 bits per heavy atom. The Morgan fingerprint density at radius 2 is 1.95 bits per heavy atom. The quantitative estimate of drug-likeness (QED) is 0.634. The third-order valence-corrected chi connectivity index (χ3v) is 3.31. The average Bonchev–Trinajstić information content (AvgIpc) is 3.02. The van der Waals surface area contributed by atoms with E-state index in [-0.39, 0.29) is 6.79 Å². The average molecular weight is 293 g/mol. The van der Waals surface area contributed by atoms with Crippen molar-refractivity contribution in [3.63, 3.8) is 0 Å².